The molecule has 0 heterocycles. The fourth-order valence-electron chi connectivity index (χ4n) is 2.94. The molecule has 0 saturated heterocycles. The third-order valence-corrected chi connectivity index (χ3v) is 6.95. The second kappa shape index (κ2) is 10.4. The van der Waals surface area contributed by atoms with E-state index in [0.717, 1.165) is 5.56 Å². The predicted molar refractivity (Wildman–Crippen MR) is 132 cm³/mol. The first-order chi connectivity index (χ1) is 16.1. The number of nitrogens with one attached hydrogen (secondary N) is 1. The zero-order chi connectivity index (χ0) is 24.9. The number of aryl methyl sites for hydroxylation is 1. The van der Waals surface area contributed by atoms with Crippen molar-refractivity contribution in [2.75, 3.05) is 37.4 Å². The first kappa shape index (κ1) is 24.8. The first-order valence-electron chi connectivity index (χ1n) is 10.5. The average Bonchev–Trinajstić information content (AvgIpc) is 2.83. The van der Waals surface area contributed by atoms with Crippen LogP contribution in [0.5, 0.6) is 5.75 Å². The van der Waals surface area contributed by atoms with Crippen LogP contribution in [0.3, 0.4) is 0 Å². The molecule has 3 aromatic carbocycles. The second-order valence-electron chi connectivity index (χ2n) is 7.89. The SMILES string of the molecule is Cc1ccc(S(=O)(=O)N(C)c2ccc(C(=O)Nc3ccc(OCC(=O)N(C)C)cc3)cc2)cc1. The molecule has 178 valence electrons. The molecule has 0 spiro atoms. The van der Waals surface area contributed by atoms with Crippen molar-refractivity contribution in [3.05, 3.63) is 83.9 Å². The van der Waals surface area contributed by atoms with E-state index in [1.807, 2.05) is 6.92 Å². The van der Waals surface area contributed by atoms with E-state index in [-0.39, 0.29) is 23.3 Å². The average molecular weight is 482 g/mol. The topological polar surface area (TPSA) is 96.0 Å². The molecule has 0 unspecified atom stereocenters. The number of benzene rings is 3. The highest BCUT2D eigenvalue weighted by Gasteiger charge is 2.21. The molecule has 8 nitrogen and oxygen atoms in total. The molecule has 2 amide bonds. The third kappa shape index (κ3) is 5.93. The van der Waals surface area contributed by atoms with Gasteiger partial charge in [0, 0.05) is 32.4 Å². The number of sulfonamides is 1. The number of nitrogens with zero attached hydrogens (tertiary/aromatic N) is 2. The van der Waals surface area contributed by atoms with E-state index < -0.39 is 10.0 Å². The molecule has 9 heteroatoms. The van der Waals surface area contributed by atoms with E-state index in [0.29, 0.717) is 22.7 Å². The molecule has 34 heavy (non-hydrogen) atoms. The molecule has 0 bridgehead atoms. The molecular weight excluding hydrogens is 454 g/mol. The molecule has 3 aromatic rings. The summed E-state index contributed by atoms with van der Waals surface area (Å²) >= 11 is 0. The number of carbonyl (C=O) groups excluding carboxylic acids is 2. The standard InChI is InChI=1S/C25H27N3O5S/c1-18-5-15-23(16-6-18)34(31,32)28(4)21-11-7-19(8-12-21)25(30)26-20-9-13-22(14-10-20)33-17-24(29)27(2)3/h5-16H,17H2,1-4H3,(H,26,30). The highest BCUT2D eigenvalue weighted by molar-refractivity contribution is 7.92. The Balaban J connectivity index is 1.63. The van der Waals surface area contributed by atoms with E-state index in [1.165, 1.54) is 16.3 Å². The Labute approximate surface area is 199 Å². The van der Waals surface area contributed by atoms with Gasteiger partial charge >= 0.3 is 0 Å². The molecule has 0 aliphatic carbocycles. The van der Waals surface area contributed by atoms with Crippen molar-refractivity contribution < 1.29 is 22.7 Å². The minimum atomic E-state index is -3.71. The zero-order valence-corrected chi connectivity index (χ0v) is 20.3. The van der Waals surface area contributed by atoms with Gasteiger partial charge in [-0.2, -0.15) is 0 Å². The Morgan fingerprint density at radius 1 is 0.853 bits per heavy atom. The van der Waals surface area contributed by atoms with Crippen molar-refractivity contribution in [2.45, 2.75) is 11.8 Å². The van der Waals surface area contributed by atoms with Crippen molar-refractivity contribution in [3.8, 4) is 5.75 Å². The van der Waals surface area contributed by atoms with Crippen LogP contribution >= 0.6 is 0 Å². The number of hydrogen-bond donors (Lipinski definition) is 1. The Bertz CT molecular complexity index is 1250. The predicted octanol–water partition coefficient (Wildman–Crippen LogP) is 3.54. The molecule has 0 aliphatic rings. The van der Waals surface area contributed by atoms with Gasteiger partial charge in [-0.15, -0.1) is 0 Å². The molecule has 3 rings (SSSR count). The molecular formula is C25H27N3O5S. The molecule has 0 aromatic heterocycles. The minimum Gasteiger partial charge on any atom is -0.484 e. The first-order valence-corrected chi connectivity index (χ1v) is 11.9. The normalized spacial score (nSPS) is 10.9. The van der Waals surface area contributed by atoms with Crippen molar-refractivity contribution >= 4 is 33.2 Å². The van der Waals surface area contributed by atoms with Crippen LogP contribution in [-0.2, 0) is 14.8 Å². The highest BCUT2D eigenvalue weighted by atomic mass is 32.2. The van der Waals surface area contributed by atoms with Crippen LogP contribution in [0.15, 0.2) is 77.7 Å². The highest BCUT2D eigenvalue weighted by Crippen LogP contribution is 2.23. The Morgan fingerprint density at radius 3 is 2.00 bits per heavy atom. The van der Waals surface area contributed by atoms with E-state index in [4.69, 9.17) is 4.74 Å². The quantitative estimate of drug-likeness (QED) is 0.531. The second-order valence-corrected chi connectivity index (χ2v) is 9.86. The van der Waals surface area contributed by atoms with E-state index in [9.17, 15) is 18.0 Å². The lowest BCUT2D eigenvalue weighted by Gasteiger charge is -2.20. The van der Waals surface area contributed by atoms with Crippen LogP contribution in [0, 0.1) is 6.92 Å². The number of rotatable bonds is 8. The number of amides is 2. The van der Waals surface area contributed by atoms with E-state index in [2.05, 4.69) is 5.32 Å². The summed E-state index contributed by atoms with van der Waals surface area (Å²) in [7, 11) is 1.06. The molecule has 0 radical (unpaired) electrons. The Morgan fingerprint density at radius 2 is 1.44 bits per heavy atom. The van der Waals surface area contributed by atoms with Crippen LogP contribution in [0.4, 0.5) is 11.4 Å². The summed E-state index contributed by atoms with van der Waals surface area (Å²) in [6.45, 7) is 1.82. The maximum Gasteiger partial charge on any atom is 0.264 e. The summed E-state index contributed by atoms with van der Waals surface area (Å²) < 4.78 is 32.3. The summed E-state index contributed by atoms with van der Waals surface area (Å²) in [4.78, 5) is 25.8. The van der Waals surface area contributed by atoms with Gasteiger partial charge in [-0.1, -0.05) is 17.7 Å². The van der Waals surface area contributed by atoms with Crippen molar-refractivity contribution in [1.82, 2.24) is 4.90 Å². The number of anilines is 2. The lowest BCUT2D eigenvalue weighted by atomic mass is 10.2. The zero-order valence-electron chi connectivity index (χ0n) is 19.5. The lowest BCUT2D eigenvalue weighted by molar-refractivity contribution is -0.130. The monoisotopic (exact) mass is 481 g/mol. The lowest BCUT2D eigenvalue weighted by Crippen LogP contribution is -2.27. The fraction of sp³-hybridized carbons (Fsp3) is 0.200. The van der Waals surface area contributed by atoms with Gasteiger partial charge in [0.25, 0.3) is 21.8 Å². The van der Waals surface area contributed by atoms with Gasteiger partial charge in [0.15, 0.2) is 6.61 Å². The van der Waals surface area contributed by atoms with Crippen LogP contribution < -0.4 is 14.4 Å². The molecule has 0 fully saturated rings. The number of ether oxygens (including phenoxy) is 1. The van der Waals surface area contributed by atoms with Crippen LogP contribution in [0.1, 0.15) is 15.9 Å². The number of hydrogen-bond acceptors (Lipinski definition) is 5. The fourth-order valence-corrected chi connectivity index (χ4v) is 4.14. The Hall–Kier alpha value is -3.85. The number of likely N-dealkylation sites (N-methyl/N-ethyl adjacent to an activating group) is 1. The Kier molecular flexibility index (Phi) is 7.57. The summed E-state index contributed by atoms with van der Waals surface area (Å²) in [6.07, 6.45) is 0. The van der Waals surface area contributed by atoms with Gasteiger partial charge in [-0.3, -0.25) is 13.9 Å². The summed E-state index contributed by atoms with van der Waals surface area (Å²) in [5, 5.41) is 2.78. The molecule has 0 aliphatic heterocycles. The van der Waals surface area contributed by atoms with Crippen LogP contribution in [0.25, 0.3) is 0 Å². The van der Waals surface area contributed by atoms with Crippen LogP contribution in [0.2, 0.25) is 0 Å². The summed E-state index contributed by atoms with van der Waals surface area (Å²) in [5.41, 5.74) is 2.34. The van der Waals surface area contributed by atoms with Crippen LogP contribution in [-0.4, -0.2) is 52.9 Å². The van der Waals surface area contributed by atoms with E-state index >= 15 is 0 Å². The van der Waals surface area contributed by atoms with Crippen molar-refractivity contribution in [3.63, 3.8) is 0 Å². The van der Waals surface area contributed by atoms with Gasteiger partial charge in [0.05, 0.1) is 10.6 Å². The molecule has 0 saturated carbocycles. The van der Waals surface area contributed by atoms with Crippen molar-refractivity contribution in [1.29, 1.82) is 0 Å². The maximum atomic E-state index is 12.9. The van der Waals surface area contributed by atoms with E-state index in [1.54, 1.807) is 86.9 Å². The third-order valence-electron chi connectivity index (χ3n) is 5.15. The van der Waals surface area contributed by atoms with Gasteiger partial charge < -0.3 is 15.0 Å². The van der Waals surface area contributed by atoms with Gasteiger partial charge in [0.1, 0.15) is 5.75 Å². The summed E-state index contributed by atoms with van der Waals surface area (Å²) in [6, 6.07) is 19.6. The van der Waals surface area contributed by atoms with Gasteiger partial charge in [0.2, 0.25) is 0 Å². The molecule has 1 N–H and O–H groups in total. The largest absolute Gasteiger partial charge is 0.484 e. The van der Waals surface area contributed by atoms with Gasteiger partial charge in [-0.25, -0.2) is 8.42 Å². The number of carbonyl (C=O) groups is 2. The summed E-state index contributed by atoms with van der Waals surface area (Å²) in [5.74, 6) is 0.0144. The maximum absolute atomic E-state index is 12.9. The smallest absolute Gasteiger partial charge is 0.264 e. The van der Waals surface area contributed by atoms with Gasteiger partial charge in [-0.05, 0) is 67.6 Å². The molecule has 0 atom stereocenters. The minimum absolute atomic E-state index is 0.0703. The van der Waals surface area contributed by atoms with Crippen molar-refractivity contribution in [2.24, 2.45) is 0 Å².